The second-order valence-electron chi connectivity index (χ2n) is 3.68. The molecule has 14 heavy (non-hydrogen) atoms. The van der Waals surface area contributed by atoms with E-state index in [0.29, 0.717) is 5.69 Å². The van der Waals surface area contributed by atoms with E-state index in [2.05, 4.69) is 25.4 Å². The summed E-state index contributed by atoms with van der Waals surface area (Å²) in [5.74, 6) is 0. The SMILES string of the molecule is C=CC(C)(C)c1ccc(N=C=O)cc1. The predicted molar refractivity (Wildman–Crippen MR) is 57.4 cm³/mol. The van der Waals surface area contributed by atoms with E-state index in [1.54, 1.807) is 12.1 Å². The fraction of sp³-hybridized carbons (Fsp3) is 0.250. The lowest BCUT2D eigenvalue weighted by molar-refractivity contribution is 0.565. The second-order valence-corrected chi connectivity index (χ2v) is 3.68. The fourth-order valence-electron chi connectivity index (χ4n) is 1.14. The Morgan fingerprint density at radius 1 is 1.36 bits per heavy atom. The maximum atomic E-state index is 10.0. The van der Waals surface area contributed by atoms with Crippen molar-refractivity contribution < 1.29 is 4.79 Å². The lowest BCUT2D eigenvalue weighted by Crippen LogP contribution is -2.12. The molecule has 0 N–H and O–H groups in total. The minimum atomic E-state index is -0.0522. The van der Waals surface area contributed by atoms with Crippen LogP contribution in [0, 0.1) is 0 Å². The third-order valence-corrected chi connectivity index (χ3v) is 2.30. The first kappa shape index (κ1) is 10.4. The number of aliphatic imine (C=N–C) groups is 1. The van der Waals surface area contributed by atoms with Crippen molar-refractivity contribution in [1.82, 2.24) is 0 Å². The van der Waals surface area contributed by atoms with Crippen LogP contribution in [0.2, 0.25) is 0 Å². The zero-order valence-corrected chi connectivity index (χ0v) is 8.45. The molecule has 2 nitrogen and oxygen atoms in total. The van der Waals surface area contributed by atoms with Crippen molar-refractivity contribution in [2.45, 2.75) is 19.3 Å². The molecule has 0 amide bonds. The molecule has 0 radical (unpaired) electrons. The smallest absolute Gasteiger partial charge is 0.211 e. The van der Waals surface area contributed by atoms with E-state index >= 15 is 0 Å². The Labute approximate surface area is 84.0 Å². The highest BCUT2D eigenvalue weighted by atomic mass is 16.1. The summed E-state index contributed by atoms with van der Waals surface area (Å²) >= 11 is 0. The van der Waals surface area contributed by atoms with Crippen LogP contribution in [-0.2, 0) is 10.2 Å². The monoisotopic (exact) mass is 187 g/mol. The Hall–Kier alpha value is -1.66. The number of carbonyl (C=O) groups excluding carboxylic acids is 1. The highest BCUT2D eigenvalue weighted by Gasteiger charge is 2.15. The highest BCUT2D eigenvalue weighted by Crippen LogP contribution is 2.25. The normalized spacial score (nSPS) is 10.4. The molecule has 1 aromatic rings. The molecule has 72 valence electrons. The van der Waals surface area contributed by atoms with E-state index in [0.717, 1.165) is 5.56 Å². The van der Waals surface area contributed by atoms with Crippen LogP contribution in [0.3, 0.4) is 0 Å². The molecule has 1 aromatic carbocycles. The Bertz CT molecular complexity index is 370. The minimum absolute atomic E-state index is 0.0522. The van der Waals surface area contributed by atoms with Gasteiger partial charge >= 0.3 is 0 Å². The molecule has 0 spiro atoms. The van der Waals surface area contributed by atoms with Gasteiger partial charge in [-0.05, 0) is 17.7 Å². The summed E-state index contributed by atoms with van der Waals surface area (Å²) in [5, 5.41) is 0. The zero-order chi connectivity index (χ0) is 10.6. The van der Waals surface area contributed by atoms with Gasteiger partial charge in [0.2, 0.25) is 6.08 Å². The van der Waals surface area contributed by atoms with Crippen molar-refractivity contribution in [3.8, 4) is 0 Å². The van der Waals surface area contributed by atoms with Gasteiger partial charge in [-0.3, -0.25) is 0 Å². The van der Waals surface area contributed by atoms with Gasteiger partial charge in [-0.25, -0.2) is 4.79 Å². The summed E-state index contributed by atoms with van der Waals surface area (Å²) < 4.78 is 0. The van der Waals surface area contributed by atoms with E-state index in [-0.39, 0.29) is 5.41 Å². The first-order valence-corrected chi connectivity index (χ1v) is 4.42. The lowest BCUT2D eigenvalue weighted by atomic mass is 9.85. The van der Waals surface area contributed by atoms with E-state index in [1.807, 2.05) is 18.2 Å². The van der Waals surface area contributed by atoms with Crippen molar-refractivity contribution >= 4 is 11.8 Å². The van der Waals surface area contributed by atoms with E-state index < -0.39 is 0 Å². The predicted octanol–water partition coefficient (Wildman–Crippen LogP) is 3.12. The molecule has 0 fully saturated rings. The van der Waals surface area contributed by atoms with Crippen molar-refractivity contribution in [3.05, 3.63) is 42.5 Å². The number of isocyanates is 1. The van der Waals surface area contributed by atoms with Crippen molar-refractivity contribution in [2.24, 2.45) is 4.99 Å². The average molecular weight is 187 g/mol. The van der Waals surface area contributed by atoms with Crippen LogP contribution in [0.5, 0.6) is 0 Å². The molecule has 0 bridgehead atoms. The molecule has 0 aliphatic carbocycles. The second kappa shape index (κ2) is 4.03. The van der Waals surface area contributed by atoms with Crippen molar-refractivity contribution in [2.75, 3.05) is 0 Å². The first-order chi connectivity index (χ1) is 6.60. The standard InChI is InChI=1S/C12H13NO/c1-4-12(2,3)10-5-7-11(8-6-10)13-9-14/h4-8H,1H2,2-3H3. The van der Waals surface area contributed by atoms with Gasteiger partial charge in [0.05, 0.1) is 5.69 Å². The molecule has 0 aliphatic heterocycles. The van der Waals surface area contributed by atoms with Crippen LogP contribution < -0.4 is 0 Å². The molecule has 0 heterocycles. The highest BCUT2D eigenvalue weighted by molar-refractivity contribution is 5.50. The molecule has 1 rings (SSSR count). The number of hydrogen-bond donors (Lipinski definition) is 0. The Balaban J connectivity index is 3.05. The molecular formula is C12H13NO. The van der Waals surface area contributed by atoms with E-state index in [9.17, 15) is 4.79 Å². The Morgan fingerprint density at radius 3 is 2.36 bits per heavy atom. The minimum Gasteiger partial charge on any atom is -0.211 e. The number of allylic oxidation sites excluding steroid dienone is 1. The van der Waals surface area contributed by atoms with Gasteiger partial charge in [0.1, 0.15) is 0 Å². The molecule has 0 aliphatic rings. The number of hydrogen-bond acceptors (Lipinski definition) is 2. The van der Waals surface area contributed by atoms with Gasteiger partial charge in [0.15, 0.2) is 0 Å². The van der Waals surface area contributed by atoms with Gasteiger partial charge in [-0.15, -0.1) is 6.58 Å². The summed E-state index contributed by atoms with van der Waals surface area (Å²) in [4.78, 5) is 13.5. The van der Waals surface area contributed by atoms with Gasteiger partial charge in [-0.1, -0.05) is 32.1 Å². The largest absolute Gasteiger partial charge is 0.240 e. The van der Waals surface area contributed by atoms with E-state index in [1.165, 1.54) is 6.08 Å². The summed E-state index contributed by atoms with van der Waals surface area (Å²) in [5.41, 5.74) is 1.73. The molecule has 0 unspecified atom stereocenters. The number of benzene rings is 1. The van der Waals surface area contributed by atoms with Gasteiger partial charge in [-0.2, -0.15) is 4.99 Å². The molecule has 0 saturated carbocycles. The van der Waals surface area contributed by atoms with Crippen LogP contribution in [-0.4, -0.2) is 6.08 Å². The summed E-state index contributed by atoms with van der Waals surface area (Å²) in [6, 6.07) is 7.48. The van der Waals surface area contributed by atoms with E-state index in [4.69, 9.17) is 0 Å². The van der Waals surface area contributed by atoms with Crippen LogP contribution in [0.4, 0.5) is 5.69 Å². The number of rotatable bonds is 3. The molecule has 2 heteroatoms. The number of nitrogens with zero attached hydrogens (tertiary/aromatic N) is 1. The van der Waals surface area contributed by atoms with Crippen LogP contribution in [0.25, 0.3) is 0 Å². The van der Waals surface area contributed by atoms with Gasteiger partial charge < -0.3 is 0 Å². The Morgan fingerprint density at radius 2 is 1.93 bits per heavy atom. The van der Waals surface area contributed by atoms with Gasteiger partial charge in [0, 0.05) is 5.41 Å². The lowest BCUT2D eigenvalue weighted by Gasteiger charge is -2.20. The van der Waals surface area contributed by atoms with Gasteiger partial charge in [0.25, 0.3) is 0 Å². The molecular weight excluding hydrogens is 174 g/mol. The summed E-state index contributed by atoms with van der Waals surface area (Å²) in [6.07, 6.45) is 3.40. The Kier molecular flexibility index (Phi) is 3.00. The molecule has 0 aromatic heterocycles. The fourth-order valence-corrected chi connectivity index (χ4v) is 1.14. The van der Waals surface area contributed by atoms with Crippen LogP contribution >= 0.6 is 0 Å². The average Bonchev–Trinajstić information content (AvgIpc) is 2.19. The third kappa shape index (κ3) is 2.18. The summed E-state index contributed by atoms with van der Waals surface area (Å²) in [6.45, 7) is 7.94. The quantitative estimate of drug-likeness (QED) is 0.406. The molecule has 0 saturated heterocycles. The maximum Gasteiger partial charge on any atom is 0.240 e. The first-order valence-electron chi connectivity index (χ1n) is 4.42. The zero-order valence-electron chi connectivity index (χ0n) is 8.45. The summed E-state index contributed by atoms with van der Waals surface area (Å²) in [7, 11) is 0. The van der Waals surface area contributed by atoms with Crippen LogP contribution in [0.1, 0.15) is 19.4 Å². The topological polar surface area (TPSA) is 29.4 Å². The molecule has 0 atom stereocenters. The maximum absolute atomic E-state index is 10.0. The van der Waals surface area contributed by atoms with Crippen LogP contribution in [0.15, 0.2) is 41.9 Å². The van der Waals surface area contributed by atoms with Crippen molar-refractivity contribution in [3.63, 3.8) is 0 Å². The third-order valence-electron chi connectivity index (χ3n) is 2.30. The van der Waals surface area contributed by atoms with Crippen molar-refractivity contribution in [1.29, 1.82) is 0 Å².